The fraction of sp³-hybridized carbons (Fsp3) is 1.00. The summed E-state index contributed by atoms with van der Waals surface area (Å²) in [5.74, 6) is 3.43. The lowest BCUT2D eigenvalue weighted by atomic mass is 9.72. The van der Waals surface area contributed by atoms with Crippen LogP contribution in [0.4, 0.5) is 0 Å². The highest BCUT2D eigenvalue weighted by atomic mass is 16.5. The molecule has 2 heteroatoms. The van der Waals surface area contributed by atoms with Crippen molar-refractivity contribution in [2.24, 2.45) is 23.7 Å². The third kappa shape index (κ3) is 5.73. The Hall–Kier alpha value is -0.0800. The zero-order valence-corrected chi connectivity index (χ0v) is 14.5. The molecule has 1 saturated carbocycles. The minimum absolute atomic E-state index is 0.693. The van der Waals surface area contributed by atoms with Crippen molar-refractivity contribution in [3.05, 3.63) is 0 Å². The third-order valence-corrected chi connectivity index (χ3v) is 5.29. The highest BCUT2D eigenvalue weighted by Gasteiger charge is 2.31. The lowest BCUT2D eigenvalue weighted by Crippen LogP contribution is -2.43. The fourth-order valence-corrected chi connectivity index (χ4v) is 3.80. The first kappa shape index (κ1) is 18.0. The van der Waals surface area contributed by atoms with E-state index in [2.05, 4.69) is 33.0 Å². The smallest absolute Gasteiger partial charge is 0.0465 e. The number of nitrogens with one attached hydrogen (secondary N) is 1. The van der Waals surface area contributed by atoms with Crippen LogP contribution in [-0.2, 0) is 4.74 Å². The Labute approximate surface area is 127 Å². The van der Waals surface area contributed by atoms with Crippen LogP contribution in [0.1, 0.15) is 66.2 Å². The van der Waals surface area contributed by atoms with Crippen LogP contribution in [-0.4, -0.2) is 26.3 Å². The van der Waals surface area contributed by atoms with Gasteiger partial charge in [-0.3, -0.25) is 0 Å². The standard InChI is InChI=1S/C18H37NO/c1-6-12-19-18(15(4)11-13-20-5)17-9-7-16(8-10-17)14(2)3/h14-19H,6-13H2,1-5H3. The van der Waals surface area contributed by atoms with Gasteiger partial charge >= 0.3 is 0 Å². The van der Waals surface area contributed by atoms with E-state index < -0.39 is 0 Å². The molecular formula is C18H37NO. The maximum absolute atomic E-state index is 5.28. The molecule has 120 valence electrons. The highest BCUT2D eigenvalue weighted by Crippen LogP contribution is 2.36. The highest BCUT2D eigenvalue weighted by molar-refractivity contribution is 4.85. The first-order valence-electron chi connectivity index (χ1n) is 8.82. The summed E-state index contributed by atoms with van der Waals surface area (Å²) in [5.41, 5.74) is 0. The number of rotatable bonds is 9. The van der Waals surface area contributed by atoms with Crippen LogP contribution in [0.25, 0.3) is 0 Å². The molecule has 0 spiro atoms. The maximum Gasteiger partial charge on any atom is 0.0465 e. The van der Waals surface area contributed by atoms with Gasteiger partial charge in [0.1, 0.15) is 0 Å². The van der Waals surface area contributed by atoms with Gasteiger partial charge in [-0.25, -0.2) is 0 Å². The minimum atomic E-state index is 0.693. The zero-order chi connectivity index (χ0) is 15.0. The molecule has 0 aliphatic heterocycles. The zero-order valence-electron chi connectivity index (χ0n) is 14.5. The Morgan fingerprint density at radius 3 is 2.15 bits per heavy atom. The summed E-state index contributed by atoms with van der Waals surface area (Å²) in [6, 6.07) is 0.693. The summed E-state index contributed by atoms with van der Waals surface area (Å²) in [5, 5.41) is 3.84. The van der Waals surface area contributed by atoms with E-state index in [0.717, 1.165) is 36.8 Å². The topological polar surface area (TPSA) is 21.3 Å². The third-order valence-electron chi connectivity index (χ3n) is 5.29. The van der Waals surface area contributed by atoms with Crippen LogP contribution < -0.4 is 5.32 Å². The van der Waals surface area contributed by atoms with Crippen molar-refractivity contribution in [1.29, 1.82) is 0 Å². The van der Waals surface area contributed by atoms with Crippen molar-refractivity contribution in [1.82, 2.24) is 5.32 Å². The van der Waals surface area contributed by atoms with Gasteiger partial charge in [-0.15, -0.1) is 0 Å². The molecule has 0 aromatic heterocycles. The summed E-state index contributed by atoms with van der Waals surface area (Å²) < 4.78 is 5.28. The molecular weight excluding hydrogens is 246 g/mol. The van der Waals surface area contributed by atoms with E-state index in [1.165, 1.54) is 38.5 Å². The van der Waals surface area contributed by atoms with Crippen LogP contribution in [0.5, 0.6) is 0 Å². The monoisotopic (exact) mass is 283 g/mol. The maximum atomic E-state index is 5.28. The van der Waals surface area contributed by atoms with Gasteiger partial charge in [0, 0.05) is 19.8 Å². The van der Waals surface area contributed by atoms with Crippen LogP contribution in [0, 0.1) is 23.7 Å². The van der Waals surface area contributed by atoms with E-state index in [-0.39, 0.29) is 0 Å². The van der Waals surface area contributed by atoms with Crippen molar-refractivity contribution in [3.8, 4) is 0 Å². The van der Waals surface area contributed by atoms with Crippen molar-refractivity contribution >= 4 is 0 Å². The number of ether oxygens (including phenoxy) is 1. The van der Waals surface area contributed by atoms with E-state index in [1.807, 2.05) is 7.11 Å². The molecule has 0 amide bonds. The largest absolute Gasteiger partial charge is 0.385 e. The van der Waals surface area contributed by atoms with Gasteiger partial charge in [0.25, 0.3) is 0 Å². The number of hydrogen-bond donors (Lipinski definition) is 1. The summed E-state index contributed by atoms with van der Waals surface area (Å²) in [6.45, 7) is 11.5. The molecule has 1 aliphatic rings. The van der Waals surface area contributed by atoms with Gasteiger partial charge in [-0.2, -0.15) is 0 Å². The number of hydrogen-bond acceptors (Lipinski definition) is 2. The summed E-state index contributed by atoms with van der Waals surface area (Å²) in [6.07, 6.45) is 8.12. The van der Waals surface area contributed by atoms with E-state index in [1.54, 1.807) is 0 Å². The van der Waals surface area contributed by atoms with Gasteiger partial charge in [0.2, 0.25) is 0 Å². The number of methoxy groups -OCH3 is 1. The van der Waals surface area contributed by atoms with E-state index in [0.29, 0.717) is 6.04 Å². The molecule has 0 saturated heterocycles. The molecule has 0 heterocycles. The van der Waals surface area contributed by atoms with Crippen LogP contribution in [0.3, 0.4) is 0 Å². The van der Waals surface area contributed by atoms with Gasteiger partial charge in [0.05, 0.1) is 0 Å². The first-order chi connectivity index (χ1) is 9.60. The first-order valence-corrected chi connectivity index (χ1v) is 8.82. The average Bonchev–Trinajstić information content (AvgIpc) is 2.46. The molecule has 1 aliphatic carbocycles. The second-order valence-electron chi connectivity index (χ2n) is 7.16. The van der Waals surface area contributed by atoms with Crippen LogP contribution in [0.15, 0.2) is 0 Å². The molecule has 2 nitrogen and oxygen atoms in total. The molecule has 1 rings (SSSR count). The Balaban J connectivity index is 2.50. The molecule has 1 N–H and O–H groups in total. The second kappa shape index (κ2) is 9.78. The summed E-state index contributed by atoms with van der Waals surface area (Å²) in [4.78, 5) is 0. The predicted molar refractivity (Wildman–Crippen MR) is 88.0 cm³/mol. The summed E-state index contributed by atoms with van der Waals surface area (Å²) >= 11 is 0. The molecule has 0 aromatic carbocycles. The predicted octanol–water partition coefficient (Wildman–Crippen LogP) is 4.49. The lowest BCUT2D eigenvalue weighted by molar-refractivity contribution is 0.131. The van der Waals surface area contributed by atoms with Crippen molar-refractivity contribution in [3.63, 3.8) is 0 Å². The fourth-order valence-electron chi connectivity index (χ4n) is 3.80. The van der Waals surface area contributed by atoms with Crippen LogP contribution in [0.2, 0.25) is 0 Å². The van der Waals surface area contributed by atoms with Crippen molar-refractivity contribution in [2.75, 3.05) is 20.3 Å². The minimum Gasteiger partial charge on any atom is -0.385 e. The van der Waals surface area contributed by atoms with Gasteiger partial charge in [-0.1, -0.05) is 27.7 Å². The lowest BCUT2D eigenvalue weighted by Gasteiger charge is -2.38. The Morgan fingerprint density at radius 1 is 1.05 bits per heavy atom. The van der Waals surface area contributed by atoms with E-state index >= 15 is 0 Å². The molecule has 0 aromatic rings. The molecule has 0 bridgehead atoms. The average molecular weight is 284 g/mol. The Morgan fingerprint density at radius 2 is 1.65 bits per heavy atom. The van der Waals surface area contributed by atoms with Crippen molar-refractivity contribution < 1.29 is 4.74 Å². The Bertz CT molecular complexity index is 234. The molecule has 0 radical (unpaired) electrons. The van der Waals surface area contributed by atoms with Gasteiger partial charge in [-0.05, 0) is 68.7 Å². The quantitative estimate of drug-likeness (QED) is 0.673. The molecule has 1 fully saturated rings. The van der Waals surface area contributed by atoms with Crippen molar-refractivity contribution in [2.45, 2.75) is 72.3 Å². The second-order valence-corrected chi connectivity index (χ2v) is 7.16. The van der Waals surface area contributed by atoms with E-state index in [9.17, 15) is 0 Å². The normalized spacial score (nSPS) is 26.7. The molecule has 2 atom stereocenters. The van der Waals surface area contributed by atoms with Gasteiger partial charge < -0.3 is 10.1 Å². The summed E-state index contributed by atoms with van der Waals surface area (Å²) in [7, 11) is 1.81. The SMILES string of the molecule is CCCNC(C(C)CCOC)C1CCC(C(C)C)CC1. The Kier molecular flexibility index (Phi) is 8.79. The van der Waals surface area contributed by atoms with Gasteiger partial charge in [0.15, 0.2) is 0 Å². The molecule has 20 heavy (non-hydrogen) atoms. The van der Waals surface area contributed by atoms with Crippen LogP contribution >= 0.6 is 0 Å². The van der Waals surface area contributed by atoms with E-state index in [4.69, 9.17) is 4.74 Å². The molecule has 2 unspecified atom stereocenters.